The molecule has 0 aliphatic carbocycles. The summed E-state index contributed by atoms with van der Waals surface area (Å²) >= 11 is 1.75. The third kappa shape index (κ3) is 5.66. The van der Waals surface area contributed by atoms with E-state index in [9.17, 15) is 4.79 Å². The lowest BCUT2D eigenvalue weighted by molar-refractivity contribution is -0.118. The van der Waals surface area contributed by atoms with E-state index in [1.165, 1.54) is 5.56 Å². The van der Waals surface area contributed by atoms with Crippen molar-refractivity contribution in [3.63, 3.8) is 0 Å². The van der Waals surface area contributed by atoms with Crippen molar-refractivity contribution in [2.24, 2.45) is 5.92 Å². The van der Waals surface area contributed by atoms with Crippen molar-refractivity contribution < 1.29 is 4.79 Å². The number of hydrogen-bond acceptors (Lipinski definition) is 3. The van der Waals surface area contributed by atoms with E-state index in [1.54, 1.807) is 11.8 Å². The molecule has 1 amide bonds. The molecule has 0 radical (unpaired) electrons. The zero-order valence-corrected chi connectivity index (χ0v) is 12.0. The van der Waals surface area contributed by atoms with E-state index in [0.717, 1.165) is 44.1 Å². The number of hydrogen-bond donors (Lipinski definition) is 2. The Kier molecular flexibility index (Phi) is 6.24. The monoisotopic (exact) mass is 278 g/mol. The van der Waals surface area contributed by atoms with Gasteiger partial charge in [0.2, 0.25) is 5.91 Å². The zero-order chi connectivity index (χ0) is 13.3. The molecule has 104 valence electrons. The number of nitrogens with one attached hydrogen (secondary N) is 2. The average Bonchev–Trinajstić information content (AvgIpc) is 2.39. The summed E-state index contributed by atoms with van der Waals surface area (Å²) in [6, 6.07) is 10.4. The molecule has 3 nitrogen and oxygen atoms in total. The molecule has 1 aliphatic heterocycles. The molecule has 0 unspecified atom stereocenters. The van der Waals surface area contributed by atoms with Crippen LogP contribution in [0.5, 0.6) is 0 Å². The highest BCUT2D eigenvalue weighted by Crippen LogP contribution is 2.11. The molecule has 1 fully saturated rings. The van der Waals surface area contributed by atoms with Gasteiger partial charge in [-0.3, -0.25) is 4.79 Å². The van der Waals surface area contributed by atoms with Gasteiger partial charge in [0.15, 0.2) is 0 Å². The summed E-state index contributed by atoms with van der Waals surface area (Å²) < 4.78 is 0. The van der Waals surface area contributed by atoms with E-state index in [0.29, 0.717) is 5.75 Å². The maximum absolute atomic E-state index is 11.6. The lowest BCUT2D eigenvalue weighted by Gasteiger charge is -2.26. The first-order chi connectivity index (χ1) is 9.34. The van der Waals surface area contributed by atoms with Gasteiger partial charge in [0.05, 0.1) is 5.75 Å². The van der Waals surface area contributed by atoms with Crippen molar-refractivity contribution in [1.82, 2.24) is 10.6 Å². The van der Waals surface area contributed by atoms with Crippen LogP contribution in [0.15, 0.2) is 30.3 Å². The van der Waals surface area contributed by atoms with Gasteiger partial charge >= 0.3 is 0 Å². The highest BCUT2D eigenvalue weighted by atomic mass is 32.2. The molecule has 0 bridgehead atoms. The Bertz CT molecular complexity index is 379. The molecule has 0 spiro atoms. The van der Waals surface area contributed by atoms with Crippen LogP contribution in [0.25, 0.3) is 0 Å². The minimum absolute atomic E-state index is 0.172. The van der Waals surface area contributed by atoms with Gasteiger partial charge in [-0.15, -0.1) is 0 Å². The lowest BCUT2D eigenvalue weighted by atomic mass is 10.1. The van der Waals surface area contributed by atoms with Gasteiger partial charge in [0, 0.05) is 6.54 Å². The molecular weight excluding hydrogens is 256 g/mol. The fraction of sp³-hybridized carbons (Fsp3) is 0.533. The fourth-order valence-corrected chi connectivity index (χ4v) is 2.97. The van der Waals surface area contributed by atoms with E-state index in [4.69, 9.17) is 0 Å². The van der Waals surface area contributed by atoms with Crippen LogP contribution < -0.4 is 10.6 Å². The molecule has 1 aromatic rings. The Morgan fingerprint density at radius 1 is 1.32 bits per heavy atom. The summed E-state index contributed by atoms with van der Waals surface area (Å²) in [6.45, 7) is 3.01. The van der Waals surface area contributed by atoms with E-state index in [1.807, 2.05) is 6.07 Å². The van der Waals surface area contributed by atoms with Crippen molar-refractivity contribution in [2.75, 3.05) is 31.1 Å². The Balaban J connectivity index is 1.47. The van der Waals surface area contributed by atoms with Gasteiger partial charge in [-0.05, 0) is 43.2 Å². The van der Waals surface area contributed by atoms with Crippen molar-refractivity contribution in [1.29, 1.82) is 0 Å². The Hall–Kier alpha value is -1.00. The minimum Gasteiger partial charge on any atom is -0.355 e. The van der Waals surface area contributed by atoms with Crippen LogP contribution in [0.2, 0.25) is 0 Å². The summed E-state index contributed by atoms with van der Waals surface area (Å²) in [6.07, 6.45) is 2.04. The third-order valence-electron chi connectivity index (χ3n) is 3.26. The van der Waals surface area contributed by atoms with Crippen LogP contribution in [0, 0.1) is 5.92 Å². The number of amides is 1. The van der Waals surface area contributed by atoms with Crippen LogP contribution in [0.1, 0.15) is 12.0 Å². The fourth-order valence-electron chi connectivity index (χ4n) is 2.00. The smallest absolute Gasteiger partial charge is 0.229 e. The molecule has 0 saturated carbocycles. The molecule has 0 aromatic heterocycles. The molecule has 0 atom stereocenters. The summed E-state index contributed by atoms with van der Waals surface area (Å²) in [5, 5.41) is 6.23. The van der Waals surface area contributed by atoms with Crippen molar-refractivity contribution >= 4 is 17.7 Å². The van der Waals surface area contributed by atoms with E-state index in [2.05, 4.69) is 34.9 Å². The van der Waals surface area contributed by atoms with Crippen LogP contribution in [-0.2, 0) is 11.2 Å². The predicted octanol–water partition coefficient (Wildman–Crippen LogP) is 1.69. The molecular formula is C15H22N2OS. The highest BCUT2D eigenvalue weighted by molar-refractivity contribution is 7.99. The summed E-state index contributed by atoms with van der Waals surface area (Å²) in [5.41, 5.74) is 1.34. The van der Waals surface area contributed by atoms with E-state index >= 15 is 0 Å². The van der Waals surface area contributed by atoms with Crippen LogP contribution >= 0.6 is 11.8 Å². The van der Waals surface area contributed by atoms with Gasteiger partial charge < -0.3 is 10.6 Å². The molecule has 1 saturated heterocycles. The maximum Gasteiger partial charge on any atom is 0.229 e. The standard InChI is InChI=1S/C15H22N2OS/c18-15(12-19-11-14-9-16-10-14)17-8-4-7-13-5-2-1-3-6-13/h1-3,5-6,14,16H,4,7-12H2,(H,17,18). The minimum atomic E-state index is 0.172. The largest absolute Gasteiger partial charge is 0.355 e. The molecule has 4 heteroatoms. The van der Waals surface area contributed by atoms with Crippen LogP contribution in [0.3, 0.4) is 0 Å². The molecule has 2 rings (SSSR count). The highest BCUT2D eigenvalue weighted by Gasteiger charge is 2.16. The number of rotatable bonds is 8. The first kappa shape index (κ1) is 14.4. The first-order valence-electron chi connectivity index (χ1n) is 6.93. The number of thioether (sulfide) groups is 1. The summed E-state index contributed by atoms with van der Waals surface area (Å²) in [7, 11) is 0. The Labute approximate surface area is 119 Å². The van der Waals surface area contributed by atoms with Crippen molar-refractivity contribution in [3.05, 3.63) is 35.9 Å². The normalized spacial score (nSPS) is 14.9. The first-order valence-corrected chi connectivity index (χ1v) is 8.09. The van der Waals surface area contributed by atoms with Gasteiger partial charge in [-0.1, -0.05) is 30.3 Å². The lowest BCUT2D eigenvalue weighted by Crippen LogP contribution is -2.43. The second-order valence-electron chi connectivity index (χ2n) is 4.98. The number of aryl methyl sites for hydroxylation is 1. The van der Waals surface area contributed by atoms with E-state index < -0.39 is 0 Å². The van der Waals surface area contributed by atoms with Crippen LogP contribution in [0.4, 0.5) is 0 Å². The van der Waals surface area contributed by atoms with Gasteiger partial charge in [-0.2, -0.15) is 11.8 Å². The topological polar surface area (TPSA) is 41.1 Å². The van der Waals surface area contributed by atoms with Gasteiger partial charge in [-0.25, -0.2) is 0 Å². The Morgan fingerprint density at radius 2 is 2.11 bits per heavy atom. The molecule has 19 heavy (non-hydrogen) atoms. The number of carbonyl (C=O) groups excluding carboxylic acids is 1. The summed E-state index contributed by atoms with van der Waals surface area (Å²) in [5.74, 6) is 2.65. The zero-order valence-electron chi connectivity index (χ0n) is 11.2. The molecule has 1 aromatic carbocycles. The summed E-state index contributed by atoms with van der Waals surface area (Å²) in [4.78, 5) is 11.6. The number of benzene rings is 1. The van der Waals surface area contributed by atoms with Crippen molar-refractivity contribution in [2.45, 2.75) is 12.8 Å². The van der Waals surface area contributed by atoms with Crippen molar-refractivity contribution in [3.8, 4) is 0 Å². The predicted molar refractivity (Wildman–Crippen MR) is 81.5 cm³/mol. The Morgan fingerprint density at radius 3 is 2.79 bits per heavy atom. The molecule has 1 aliphatic rings. The second kappa shape index (κ2) is 8.23. The maximum atomic E-state index is 11.6. The molecule has 1 heterocycles. The molecule has 2 N–H and O–H groups in total. The van der Waals surface area contributed by atoms with E-state index in [-0.39, 0.29) is 5.91 Å². The number of carbonyl (C=O) groups is 1. The van der Waals surface area contributed by atoms with Crippen LogP contribution in [-0.4, -0.2) is 37.0 Å². The quantitative estimate of drug-likeness (QED) is 0.711. The second-order valence-corrected chi connectivity index (χ2v) is 6.01. The average molecular weight is 278 g/mol. The van der Waals surface area contributed by atoms with Gasteiger partial charge in [0.1, 0.15) is 0 Å². The SMILES string of the molecule is O=C(CSCC1CNC1)NCCCc1ccccc1. The van der Waals surface area contributed by atoms with Gasteiger partial charge in [0.25, 0.3) is 0 Å². The third-order valence-corrected chi connectivity index (χ3v) is 4.43.